The summed E-state index contributed by atoms with van der Waals surface area (Å²) in [4.78, 5) is 4.40. The SMILES string of the molecule is CC(C)[C@@H]1COC(c2ccccc2P(c2cc(C(F)(F)F)cc(C(F)(F)F)c2)c2cc(C(F)(F)F)cc(C(F)(F)F)c2)=N1. The molecule has 1 aliphatic heterocycles. The summed E-state index contributed by atoms with van der Waals surface area (Å²) in [6.07, 6.45) is -21.3. The lowest BCUT2D eigenvalue weighted by Crippen LogP contribution is -2.29. The smallest absolute Gasteiger partial charge is 0.416 e. The molecule has 1 atom stereocenters. The van der Waals surface area contributed by atoms with Crippen molar-refractivity contribution in [3.05, 3.63) is 88.5 Å². The number of rotatable bonds is 5. The highest BCUT2D eigenvalue weighted by Crippen LogP contribution is 2.43. The van der Waals surface area contributed by atoms with Crippen molar-refractivity contribution in [3.63, 3.8) is 0 Å². The first-order chi connectivity index (χ1) is 19.7. The molecule has 3 aromatic carbocycles. The number of hydrogen-bond donors (Lipinski definition) is 0. The Morgan fingerprint density at radius 2 is 1.05 bits per heavy atom. The van der Waals surface area contributed by atoms with Gasteiger partial charge in [-0.05, 0) is 72.2 Å². The van der Waals surface area contributed by atoms with E-state index in [9.17, 15) is 52.7 Å². The minimum atomic E-state index is -5.33. The van der Waals surface area contributed by atoms with Crippen molar-refractivity contribution in [2.24, 2.45) is 10.9 Å². The van der Waals surface area contributed by atoms with Crippen molar-refractivity contribution in [2.75, 3.05) is 6.61 Å². The molecule has 2 nitrogen and oxygen atoms in total. The van der Waals surface area contributed by atoms with Crippen LogP contribution in [0.2, 0.25) is 0 Å². The summed E-state index contributed by atoms with van der Waals surface area (Å²) in [5, 5.41) is -1.72. The fourth-order valence-electron chi connectivity index (χ4n) is 4.29. The molecule has 15 heteroatoms. The number of aliphatic imine (C=N–C) groups is 1. The van der Waals surface area contributed by atoms with E-state index in [0.717, 1.165) is 0 Å². The molecule has 0 radical (unpaired) electrons. The van der Waals surface area contributed by atoms with Crippen LogP contribution in [0.1, 0.15) is 41.7 Å². The summed E-state index contributed by atoms with van der Waals surface area (Å²) in [7, 11) is -2.93. The van der Waals surface area contributed by atoms with Gasteiger partial charge in [0.15, 0.2) is 0 Å². The minimum absolute atomic E-state index is 0.00806. The van der Waals surface area contributed by atoms with Crippen LogP contribution in [0.3, 0.4) is 0 Å². The van der Waals surface area contributed by atoms with Crippen molar-refractivity contribution in [3.8, 4) is 0 Å². The summed E-state index contributed by atoms with van der Waals surface area (Å²) in [5.74, 6) is -0.144. The Labute approximate surface area is 238 Å². The van der Waals surface area contributed by atoms with Gasteiger partial charge in [0.05, 0.1) is 28.3 Å². The average Bonchev–Trinajstić information content (AvgIpc) is 3.38. The van der Waals surface area contributed by atoms with Crippen LogP contribution >= 0.6 is 7.92 Å². The second kappa shape index (κ2) is 11.3. The largest absolute Gasteiger partial charge is 0.475 e. The molecular weight excluding hydrogens is 625 g/mol. The molecule has 0 saturated heterocycles. The van der Waals surface area contributed by atoms with Gasteiger partial charge in [-0.25, -0.2) is 4.99 Å². The maximum absolute atomic E-state index is 13.8. The number of nitrogens with zero attached hydrogens (tertiary/aromatic N) is 1. The predicted molar refractivity (Wildman–Crippen MR) is 136 cm³/mol. The lowest BCUT2D eigenvalue weighted by Gasteiger charge is -2.25. The van der Waals surface area contributed by atoms with Crippen LogP contribution in [0.5, 0.6) is 0 Å². The third-order valence-electron chi connectivity index (χ3n) is 6.48. The molecular formula is C28H20F12NOP. The fraction of sp³-hybridized carbons (Fsp3) is 0.321. The van der Waals surface area contributed by atoms with E-state index < -0.39 is 71.5 Å². The molecule has 0 spiro atoms. The summed E-state index contributed by atoms with van der Waals surface area (Å²) >= 11 is 0. The van der Waals surface area contributed by atoms with E-state index in [0.29, 0.717) is 24.3 Å². The number of hydrogen-bond acceptors (Lipinski definition) is 2. The highest BCUT2D eigenvalue weighted by molar-refractivity contribution is 7.80. The quantitative estimate of drug-likeness (QED) is 0.202. The minimum Gasteiger partial charge on any atom is -0.475 e. The summed E-state index contributed by atoms with van der Waals surface area (Å²) in [5.41, 5.74) is -7.10. The molecule has 4 rings (SSSR count). The molecule has 43 heavy (non-hydrogen) atoms. The van der Waals surface area contributed by atoms with Gasteiger partial charge in [-0.3, -0.25) is 0 Å². The van der Waals surface area contributed by atoms with E-state index in [1.807, 2.05) is 13.8 Å². The second-order valence-electron chi connectivity index (χ2n) is 9.94. The van der Waals surface area contributed by atoms with Crippen LogP contribution in [-0.2, 0) is 29.4 Å². The lowest BCUT2D eigenvalue weighted by molar-refractivity contribution is -0.144. The number of halogens is 12. The third-order valence-corrected chi connectivity index (χ3v) is 8.90. The zero-order valence-electron chi connectivity index (χ0n) is 22.0. The van der Waals surface area contributed by atoms with Crippen LogP contribution in [0.15, 0.2) is 65.7 Å². The Balaban J connectivity index is 2.11. The molecule has 0 saturated carbocycles. The van der Waals surface area contributed by atoms with Crippen LogP contribution in [-0.4, -0.2) is 18.5 Å². The van der Waals surface area contributed by atoms with E-state index >= 15 is 0 Å². The Morgan fingerprint density at radius 1 is 0.651 bits per heavy atom. The molecule has 0 N–H and O–H groups in total. The van der Waals surface area contributed by atoms with Gasteiger partial charge >= 0.3 is 24.7 Å². The monoisotopic (exact) mass is 645 g/mol. The van der Waals surface area contributed by atoms with Crippen LogP contribution in [0.4, 0.5) is 52.7 Å². The van der Waals surface area contributed by atoms with Gasteiger partial charge in [-0.15, -0.1) is 0 Å². The standard InChI is InChI=1S/C28H20F12NOP/c1-14(2)22-13-42-24(41-22)21-5-3-4-6-23(21)43(19-9-15(25(29,30)31)7-16(10-19)26(32,33)34)20-11-17(27(35,36)37)8-18(12-20)28(38,39)40/h3-12,14,22H,13H2,1-2H3/t22-/m0/s1. The van der Waals surface area contributed by atoms with Crippen LogP contribution in [0.25, 0.3) is 0 Å². The van der Waals surface area contributed by atoms with Crippen molar-refractivity contribution >= 4 is 29.7 Å². The molecule has 1 aliphatic rings. The van der Waals surface area contributed by atoms with Crippen LogP contribution in [0, 0.1) is 5.92 Å². The molecule has 0 aliphatic carbocycles. The molecule has 3 aromatic rings. The first-order valence-corrected chi connectivity index (χ1v) is 13.7. The Morgan fingerprint density at radius 3 is 1.40 bits per heavy atom. The number of ether oxygens (including phenoxy) is 1. The second-order valence-corrected chi connectivity index (χ2v) is 12.1. The van der Waals surface area contributed by atoms with E-state index in [2.05, 4.69) is 4.99 Å². The molecule has 0 fully saturated rings. The first-order valence-electron chi connectivity index (χ1n) is 12.4. The van der Waals surface area contributed by atoms with E-state index in [4.69, 9.17) is 4.74 Å². The van der Waals surface area contributed by atoms with E-state index in [1.54, 1.807) is 0 Å². The number of alkyl halides is 12. The maximum Gasteiger partial charge on any atom is 0.416 e. The topological polar surface area (TPSA) is 21.6 Å². The van der Waals surface area contributed by atoms with Gasteiger partial charge in [0.1, 0.15) is 6.61 Å². The molecule has 0 amide bonds. The number of benzene rings is 3. The Kier molecular flexibility index (Phi) is 8.60. The fourth-order valence-corrected chi connectivity index (χ4v) is 6.86. The van der Waals surface area contributed by atoms with Crippen molar-refractivity contribution < 1.29 is 57.4 Å². The Hall–Kier alpha value is -3.28. The summed E-state index contributed by atoms with van der Waals surface area (Å²) in [6, 6.07) is 5.74. The van der Waals surface area contributed by atoms with Gasteiger partial charge in [0.2, 0.25) is 5.90 Å². The Bertz CT molecular complexity index is 1380. The summed E-state index contributed by atoms with van der Waals surface area (Å²) in [6.45, 7) is 3.67. The van der Waals surface area contributed by atoms with Crippen molar-refractivity contribution in [1.29, 1.82) is 0 Å². The first kappa shape index (κ1) is 32.6. The molecule has 0 aromatic heterocycles. The molecule has 0 bridgehead atoms. The van der Waals surface area contributed by atoms with E-state index in [-0.39, 0.29) is 41.4 Å². The lowest BCUT2D eigenvalue weighted by atomic mass is 10.1. The zero-order chi connectivity index (χ0) is 32.1. The normalized spacial score (nSPS) is 16.6. The van der Waals surface area contributed by atoms with Gasteiger partial charge in [-0.2, -0.15) is 52.7 Å². The van der Waals surface area contributed by atoms with Crippen molar-refractivity contribution in [1.82, 2.24) is 0 Å². The summed E-state index contributed by atoms with van der Waals surface area (Å²) < 4.78 is 171. The third kappa shape index (κ3) is 7.27. The van der Waals surface area contributed by atoms with Gasteiger partial charge in [0, 0.05) is 5.56 Å². The van der Waals surface area contributed by atoms with Crippen LogP contribution < -0.4 is 15.9 Å². The highest BCUT2D eigenvalue weighted by atomic mass is 31.1. The zero-order valence-corrected chi connectivity index (χ0v) is 22.9. The molecule has 0 unspecified atom stereocenters. The molecule has 1 heterocycles. The highest BCUT2D eigenvalue weighted by Gasteiger charge is 2.41. The average molecular weight is 645 g/mol. The van der Waals surface area contributed by atoms with Gasteiger partial charge < -0.3 is 4.74 Å². The van der Waals surface area contributed by atoms with Crippen molar-refractivity contribution in [2.45, 2.75) is 44.6 Å². The maximum atomic E-state index is 13.8. The predicted octanol–water partition coefficient (Wildman–Crippen LogP) is 8.32. The van der Waals surface area contributed by atoms with E-state index in [1.165, 1.54) is 24.3 Å². The van der Waals surface area contributed by atoms with Gasteiger partial charge in [0.25, 0.3) is 0 Å². The molecule has 232 valence electrons. The van der Waals surface area contributed by atoms with Gasteiger partial charge in [-0.1, -0.05) is 32.0 Å².